The summed E-state index contributed by atoms with van der Waals surface area (Å²) in [7, 11) is 6.66. The predicted octanol–water partition coefficient (Wildman–Crippen LogP) is 1.42. The molecule has 1 aromatic carbocycles. The molecule has 3 N–H and O–H groups in total. The van der Waals surface area contributed by atoms with Crippen LogP contribution in [0.4, 0.5) is 0 Å². The number of hydrogen-bond donors (Lipinski definition) is 2. The number of nitrogens with two attached hydrogens (primary N) is 1. The molecule has 1 atom stereocenters. The molecule has 2 rings (SSSR count). The van der Waals surface area contributed by atoms with Crippen LogP contribution in [-0.2, 0) is 11.2 Å². The Labute approximate surface area is 167 Å². The van der Waals surface area contributed by atoms with E-state index in [1.54, 1.807) is 28.4 Å². The van der Waals surface area contributed by atoms with Crippen LogP contribution in [0.25, 0.3) is 0 Å². The number of carbonyl (C=O) groups is 1. The number of carbonyl (C=O) groups excluding carboxylic acids is 1. The zero-order valence-electron chi connectivity index (χ0n) is 17.3. The maximum atomic E-state index is 11.2. The number of primary amides is 1. The second-order valence-corrected chi connectivity index (χ2v) is 6.86. The molecule has 8 heteroatoms. The van der Waals surface area contributed by atoms with Gasteiger partial charge in [0.05, 0.1) is 21.3 Å². The van der Waals surface area contributed by atoms with Crippen LogP contribution in [0.1, 0.15) is 24.8 Å². The Bertz CT molecular complexity index is 668. The molecule has 8 nitrogen and oxygen atoms in total. The molecule has 1 unspecified atom stereocenters. The summed E-state index contributed by atoms with van der Waals surface area (Å²) >= 11 is 0. The number of piperidine rings is 1. The fourth-order valence-corrected chi connectivity index (χ4v) is 3.66. The number of benzene rings is 1. The number of nitrogens with zero attached hydrogens (tertiary/aromatic N) is 2. The molecule has 1 amide bonds. The molecule has 0 bridgehead atoms. The average molecular weight is 393 g/mol. The summed E-state index contributed by atoms with van der Waals surface area (Å²) in [6.07, 6.45) is 3.18. The first-order chi connectivity index (χ1) is 13.5. The first-order valence-electron chi connectivity index (χ1n) is 9.55. The summed E-state index contributed by atoms with van der Waals surface area (Å²) in [5, 5.41) is 3.41. The molecule has 1 fully saturated rings. The van der Waals surface area contributed by atoms with E-state index in [0.717, 1.165) is 49.0 Å². The number of aliphatic imine (C=N–C) groups is 1. The van der Waals surface area contributed by atoms with Crippen LogP contribution in [0.15, 0.2) is 17.1 Å². The second kappa shape index (κ2) is 10.6. The lowest BCUT2D eigenvalue weighted by atomic mass is 9.95. The third-order valence-electron chi connectivity index (χ3n) is 5.00. The van der Waals surface area contributed by atoms with E-state index in [1.165, 1.54) is 0 Å². The van der Waals surface area contributed by atoms with Crippen LogP contribution in [0.3, 0.4) is 0 Å². The molecule has 156 valence electrons. The molecule has 1 heterocycles. The standard InChI is InChI=1S/C20H32N4O4/c1-22-20(24-9-5-6-14(13-24)10-19(21)25)23-8-7-16-17(27-3)11-15(26-2)12-18(16)28-4/h11-12,14H,5-10,13H2,1-4H3,(H2,21,25)(H,22,23). The highest BCUT2D eigenvalue weighted by Crippen LogP contribution is 2.34. The van der Waals surface area contributed by atoms with Gasteiger partial charge in [0.2, 0.25) is 5.91 Å². The Morgan fingerprint density at radius 2 is 1.93 bits per heavy atom. The minimum absolute atomic E-state index is 0.242. The van der Waals surface area contributed by atoms with Gasteiger partial charge in [-0.3, -0.25) is 9.79 Å². The molecule has 1 aliphatic rings. The van der Waals surface area contributed by atoms with Crippen molar-refractivity contribution in [3.8, 4) is 17.2 Å². The minimum atomic E-state index is -0.242. The van der Waals surface area contributed by atoms with E-state index in [2.05, 4.69) is 15.2 Å². The second-order valence-electron chi connectivity index (χ2n) is 6.86. The quantitative estimate of drug-likeness (QED) is 0.513. The number of ether oxygens (including phenoxy) is 3. The average Bonchev–Trinajstić information content (AvgIpc) is 2.70. The molecule has 1 saturated heterocycles. The number of rotatable bonds is 8. The van der Waals surface area contributed by atoms with Gasteiger partial charge in [0.15, 0.2) is 5.96 Å². The molecule has 0 aliphatic carbocycles. The summed E-state index contributed by atoms with van der Waals surface area (Å²) in [5.74, 6) is 3.02. The van der Waals surface area contributed by atoms with E-state index in [0.29, 0.717) is 25.1 Å². The van der Waals surface area contributed by atoms with Crippen molar-refractivity contribution in [2.75, 3.05) is 48.0 Å². The van der Waals surface area contributed by atoms with E-state index in [1.807, 2.05) is 12.1 Å². The molecule has 0 radical (unpaired) electrons. The van der Waals surface area contributed by atoms with Crippen LogP contribution < -0.4 is 25.3 Å². The van der Waals surface area contributed by atoms with Gasteiger partial charge in [-0.25, -0.2) is 0 Å². The van der Waals surface area contributed by atoms with E-state index in [-0.39, 0.29) is 11.8 Å². The van der Waals surface area contributed by atoms with E-state index >= 15 is 0 Å². The van der Waals surface area contributed by atoms with E-state index in [9.17, 15) is 4.79 Å². The maximum Gasteiger partial charge on any atom is 0.217 e. The van der Waals surface area contributed by atoms with E-state index < -0.39 is 0 Å². The molecule has 0 spiro atoms. The molecular formula is C20H32N4O4. The normalized spacial score (nSPS) is 17.2. The van der Waals surface area contributed by atoms with Gasteiger partial charge < -0.3 is 30.2 Å². The summed E-state index contributed by atoms with van der Waals surface area (Å²) in [6, 6.07) is 3.71. The van der Waals surface area contributed by atoms with Crippen molar-refractivity contribution in [1.29, 1.82) is 0 Å². The molecule has 1 aromatic rings. The van der Waals surface area contributed by atoms with Crippen molar-refractivity contribution in [3.05, 3.63) is 17.7 Å². The predicted molar refractivity (Wildman–Crippen MR) is 109 cm³/mol. The smallest absolute Gasteiger partial charge is 0.217 e. The fraction of sp³-hybridized carbons (Fsp3) is 0.600. The zero-order chi connectivity index (χ0) is 20.5. The number of guanidine groups is 1. The SMILES string of the molecule is CN=C(NCCc1c(OC)cc(OC)cc1OC)N1CCCC(CC(N)=O)C1. The van der Waals surface area contributed by atoms with Crippen molar-refractivity contribution in [2.45, 2.75) is 25.7 Å². The summed E-state index contributed by atoms with van der Waals surface area (Å²) in [6.45, 7) is 2.38. The van der Waals surface area contributed by atoms with Gasteiger partial charge >= 0.3 is 0 Å². The van der Waals surface area contributed by atoms with Gasteiger partial charge in [0.25, 0.3) is 0 Å². The first kappa shape index (κ1) is 21.7. The van der Waals surface area contributed by atoms with E-state index in [4.69, 9.17) is 19.9 Å². The van der Waals surface area contributed by atoms with Crippen LogP contribution in [0.5, 0.6) is 17.2 Å². The third-order valence-corrected chi connectivity index (χ3v) is 5.00. The van der Waals surface area contributed by atoms with Crippen molar-refractivity contribution < 1.29 is 19.0 Å². The van der Waals surface area contributed by atoms with Crippen molar-refractivity contribution in [2.24, 2.45) is 16.6 Å². The van der Waals surface area contributed by atoms with Gasteiger partial charge in [-0.2, -0.15) is 0 Å². The lowest BCUT2D eigenvalue weighted by Crippen LogP contribution is -2.47. The highest BCUT2D eigenvalue weighted by atomic mass is 16.5. The monoisotopic (exact) mass is 392 g/mol. The topological polar surface area (TPSA) is 98.4 Å². The summed E-state index contributed by atoms with van der Waals surface area (Å²) in [4.78, 5) is 17.8. The van der Waals surface area contributed by atoms with Crippen LogP contribution in [-0.4, -0.2) is 64.8 Å². The third kappa shape index (κ3) is 5.68. The first-order valence-corrected chi connectivity index (χ1v) is 9.55. The lowest BCUT2D eigenvalue weighted by Gasteiger charge is -2.34. The number of nitrogens with one attached hydrogen (secondary N) is 1. The van der Waals surface area contributed by atoms with Gasteiger partial charge in [-0.1, -0.05) is 0 Å². The summed E-state index contributed by atoms with van der Waals surface area (Å²) in [5.41, 5.74) is 6.33. The van der Waals surface area contributed by atoms with Crippen LogP contribution >= 0.6 is 0 Å². The highest BCUT2D eigenvalue weighted by Gasteiger charge is 2.23. The molecular weight excluding hydrogens is 360 g/mol. The number of hydrogen-bond acceptors (Lipinski definition) is 5. The Morgan fingerprint density at radius 3 is 2.46 bits per heavy atom. The van der Waals surface area contributed by atoms with Crippen molar-refractivity contribution >= 4 is 11.9 Å². The lowest BCUT2D eigenvalue weighted by molar-refractivity contribution is -0.119. The van der Waals surface area contributed by atoms with Gasteiger partial charge in [0, 0.05) is 50.8 Å². The number of likely N-dealkylation sites (tertiary alicyclic amines) is 1. The molecule has 0 aromatic heterocycles. The zero-order valence-corrected chi connectivity index (χ0v) is 17.3. The highest BCUT2D eigenvalue weighted by molar-refractivity contribution is 5.80. The fourth-order valence-electron chi connectivity index (χ4n) is 3.66. The van der Waals surface area contributed by atoms with Crippen LogP contribution in [0.2, 0.25) is 0 Å². The minimum Gasteiger partial charge on any atom is -0.496 e. The van der Waals surface area contributed by atoms with Crippen molar-refractivity contribution in [3.63, 3.8) is 0 Å². The molecule has 0 saturated carbocycles. The number of methoxy groups -OCH3 is 3. The maximum absolute atomic E-state index is 11.2. The Kier molecular flexibility index (Phi) is 8.22. The summed E-state index contributed by atoms with van der Waals surface area (Å²) < 4.78 is 16.3. The van der Waals surface area contributed by atoms with Gasteiger partial charge in [-0.05, 0) is 25.2 Å². The molecule has 28 heavy (non-hydrogen) atoms. The van der Waals surface area contributed by atoms with Crippen molar-refractivity contribution in [1.82, 2.24) is 10.2 Å². The Balaban J connectivity index is 2.00. The Hall–Kier alpha value is -2.64. The molecule has 1 aliphatic heterocycles. The van der Waals surface area contributed by atoms with Gasteiger partial charge in [-0.15, -0.1) is 0 Å². The Morgan fingerprint density at radius 1 is 1.25 bits per heavy atom. The largest absolute Gasteiger partial charge is 0.496 e. The van der Waals surface area contributed by atoms with Gasteiger partial charge in [0.1, 0.15) is 17.2 Å². The van der Waals surface area contributed by atoms with Crippen LogP contribution in [0, 0.1) is 5.92 Å². The number of amides is 1.